The summed E-state index contributed by atoms with van der Waals surface area (Å²) in [5.74, 6) is 1.61. The molecule has 1 aliphatic rings. The monoisotopic (exact) mass is 339 g/mol. The van der Waals surface area contributed by atoms with Crippen LogP contribution in [0, 0.1) is 6.92 Å². The lowest BCUT2D eigenvalue weighted by atomic mass is 10.2. The van der Waals surface area contributed by atoms with Crippen LogP contribution in [0.2, 0.25) is 0 Å². The average Bonchev–Trinajstić information content (AvgIpc) is 2.86. The minimum atomic E-state index is -1.03. The SMILES string of the molecule is CCC[S+]([O-])c1sc2nc(N3CCOCC3)cc(C)c2c1N. The van der Waals surface area contributed by atoms with Crippen LogP contribution in [-0.4, -0.2) is 41.6 Å². The third kappa shape index (κ3) is 2.90. The summed E-state index contributed by atoms with van der Waals surface area (Å²) in [6, 6.07) is 2.07. The van der Waals surface area contributed by atoms with Crippen molar-refractivity contribution in [1.29, 1.82) is 0 Å². The van der Waals surface area contributed by atoms with Crippen molar-refractivity contribution in [1.82, 2.24) is 4.98 Å². The molecule has 0 radical (unpaired) electrons. The molecule has 1 unspecified atom stereocenters. The lowest BCUT2D eigenvalue weighted by Gasteiger charge is -2.28. The minimum Gasteiger partial charge on any atom is -0.611 e. The first-order chi connectivity index (χ1) is 10.6. The second kappa shape index (κ2) is 6.62. The van der Waals surface area contributed by atoms with Gasteiger partial charge in [0.25, 0.3) is 0 Å². The van der Waals surface area contributed by atoms with Crippen molar-refractivity contribution in [2.24, 2.45) is 0 Å². The van der Waals surface area contributed by atoms with Crippen LogP contribution in [0.5, 0.6) is 0 Å². The maximum absolute atomic E-state index is 12.3. The number of pyridine rings is 1. The third-order valence-electron chi connectivity index (χ3n) is 3.78. The van der Waals surface area contributed by atoms with Gasteiger partial charge in [0, 0.05) is 18.5 Å². The molecule has 1 aliphatic heterocycles. The number of hydrogen-bond donors (Lipinski definition) is 1. The molecule has 0 aliphatic carbocycles. The number of hydrogen-bond acceptors (Lipinski definition) is 6. The van der Waals surface area contributed by atoms with E-state index in [0.717, 1.165) is 58.5 Å². The summed E-state index contributed by atoms with van der Waals surface area (Å²) in [5.41, 5.74) is 7.98. The quantitative estimate of drug-likeness (QED) is 0.867. The van der Waals surface area contributed by atoms with Gasteiger partial charge in [-0.05, 0) is 36.2 Å². The molecule has 0 spiro atoms. The Labute approximate surface area is 137 Å². The van der Waals surface area contributed by atoms with E-state index >= 15 is 0 Å². The normalized spacial score (nSPS) is 17.1. The number of nitrogens with two attached hydrogens (primary N) is 1. The lowest BCUT2D eigenvalue weighted by Crippen LogP contribution is -2.36. The Hall–Kier alpha value is -1.02. The van der Waals surface area contributed by atoms with Crippen LogP contribution in [0.15, 0.2) is 10.3 Å². The maximum atomic E-state index is 12.3. The van der Waals surface area contributed by atoms with Crippen LogP contribution in [0.1, 0.15) is 18.9 Å². The zero-order chi connectivity index (χ0) is 15.7. The number of rotatable bonds is 4. The first-order valence-electron chi connectivity index (χ1n) is 7.52. The topological polar surface area (TPSA) is 74.4 Å². The van der Waals surface area contributed by atoms with E-state index < -0.39 is 11.2 Å². The highest BCUT2D eigenvalue weighted by atomic mass is 32.2. The fourth-order valence-electron chi connectivity index (χ4n) is 2.67. The Bertz CT molecular complexity index is 668. The maximum Gasteiger partial charge on any atom is 0.232 e. The highest BCUT2D eigenvalue weighted by Crippen LogP contribution is 2.39. The van der Waals surface area contributed by atoms with Crippen molar-refractivity contribution in [2.45, 2.75) is 24.5 Å². The van der Waals surface area contributed by atoms with Gasteiger partial charge < -0.3 is 19.9 Å². The molecule has 0 saturated carbocycles. The smallest absolute Gasteiger partial charge is 0.232 e. The molecule has 5 nitrogen and oxygen atoms in total. The van der Waals surface area contributed by atoms with Crippen molar-refractivity contribution >= 4 is 44.2 Å². The zero-order valence-corrected chi connectivity index (χ0v) is 14.6. The third-order valence-corrected chi connectivity index (χ3v) is 6.89. The molecule has 3 heterocycles. The molecule has 22 heavy (non-hydrogen) atoms. The number of aryl methyl sites for hydroxylation is 1. The largest absolute Gasteiger partial charge is 0.611 e. The summed E-state index contributed by atoms with van der Waals surface area (Å²) in [6.45, 7) is 7.25. The lowest BCUT2D eigenvalue weighted by molar-refractivity contribution is 0.122. The number of ether oxygens (including phenoxy) is 1. The van der Waals surface area contributed by atoms with E-state index in [1.54, 1.807) is 0 Å². The molecule has 0 amide bonds. The molecule has 3 rings (SSSR count). The van der Waals surface area contributed by atoms with Crippen molar-refractivity contribution < 1.29 is 9.29 Å². The molecule has 1 fully saturated rings. The van der Waals surface area contributed by atoms with E-state index in [1.807, 2.05) is 13.8 Å². The number of fused-ring (bicyclic) bond motifs is 1. The molecule has 7 heteroatoms. The predicted molar refractivity (Wildman–Crippen MR) is 93.4 cm³/mol. The van der Waals surface area contributed by atoms with Gasteiger partial charge in [-0.25, -0.2) is 4.98 Å². The van der Waals surface area contributed by atoms with Gasteiger partial charge in [-0.1, -0.05) is 18.3 Å². The number of thiophene rings is 1. The second-order valence-corrected chi connectivity index (χ2v) is 8.19. The van der Waals surface area contributed by atoms with Gasteiger partial charge in [0.2, 0.25) is 4.21 Å². The highest BCUT2D eigenvalue weighted by Gasteiger charge is 2.23. The number of morpholine rings is 1. The van der Waals surface area contributed by atoms with Gasteiger partial charge in [0.1, 0.15) is 22.1 Å². The van der Waals surface area contributed by atoms with E-state index in [2.05, 4.69) is 11.0 Å². The van der Waals surface area contributed by atoms with Crippen molar-refractivity contribution in [3.05, 3.63) is 11.6 Å². The molecule has 2 aromatic rings. The van der Waals surface area contributed by atoms with Crippen LogP contribution >= 0.6 is 11.3 Å². The molecule has 120 valence electrons. The number of aromatic nitrogens is 1. The average molecular weight is 339 g/mol. The Kier molecular flexibility index (Phi) is 4.77. The second-order valence-electron chi connectivity index (χ2n) is 5.43. The van der Waals surface area contributed by atoms with Crippen molar-refractivity contribution in [2.75, 3.05) is 42.7 Å². The van der Waals surface area contributed by atoms with Crippen LogP contribution < -0.4 is 10.6 Å². The Balaban J connectivity index is 2.02. The van der Waals surface area contributed by atoms with Crippen molar-refractivity contribution in [3.63, 3.8) is 0 Å². The van der Waals surface area contributed by atoms with E-state index in [1.165, 1.54) is 11.3 Å². The van der Waals surface area contributed by atoms with Gasteiger partial charge in [-0.3, -0.25) is 0 Å². The number of nitrogen functional groups attached to an aromatic ring is 1. The molecule has 0 bridgehead atoms. The molecule has 1 saturated heterocycles. The van der Waals surface area contributed by atoms with Crippen LogP contribution in [0.25, 0.3) is 10.2 Å². The molecular formula is C15H21N3O2S2. The summed E-state index contributed by atoms with van der Waals surface area (Å²) >= 11 is 0.443. The molecule has 1 atom stereocenters. The minimum absolute atomic E-state index is 0.644. The van der Waals surface area contributed by atoms with E-state index in [-0.39, 0.29) is 0 Å². The predicted octanol–water partition coefficient (Wildman–Crippen LogP) is 2.54. The Morgan fingerprint density at radius 1 is 1.45 bits per heavy atom. The fraction of sp³-hybridized carbons (Fsp3) is 0.533. The fourth-order valence-corrected chi connectivity index (χ4v) is 5.34. The van der Waals surface area contributed by atoms with Gasteiger partial charge in [-0.15, -0.1) is 0 Å². The summed E-state index contributed by atoms with van der Waals surface area (Å²) in [4.78, 5) is 7.88. The van der Waals surface area contributed by atoms with Gasteiger partial charge in [0.15, 0.2) is 0 Å². The van der Waals surface area contributed by atoms with Gasteiger partial charge in [0.05, 0.1) is 13.2 Å². The highest BCUT2D eigenvalue weighted by molar-refractivity contribution is 7.93. The first kappa shape index (κ1) is 15.9. The number of nitrogens with zero attached hydrogens (tertiary/aromatic N) is 2. The summed E-state index contributed by atoms with van der Waals surface area (Å²) in [5, 5.41) is 0.960. The molecular weight excluding hydrogens is 318 g/mol. The van der Waals surface area contributed by atoms with E-state index in [4.69, 9.17) is 15.5 Å². The summed E-state index contributed by atoms with van der Waals surface area (Å²) in [7, 11) is 0. The molecule has 0 aromatic carbocycles. The zero-order valence-electron chi connectivity index (χ0n) is 12.9. The van der Waals surface area contributed by atoms with E-state index in [0.29, 0.717) is 11.4 Å². The van der Waals surface area contributed by atoms with E-state index in [9.17, 15) is 4.55 Å². The first-order valence-corrected chi connectivity index (χ1v) is 9.66. The molecule has 2 N–H and O–H groups in total. The van der Waals surface area contributed by atoms with Crippen molar-refractivity contribution in [3.8, 4) is 0 Å². The van der Waals surface area contributed by atoms with Crippen LogP contribution in [0.3, 0.4) is 0 Å². The standard InChI is InChI=1S/C15H21N3O2S2/c1-3-8-22(19)15-13(16)12-10(2)9-11(17-14(12)21-15)18-4-6-20-7-5-18/h9H,3-8,16H2,1-2H3. The Morgan fingerprint density at radius 2 is 2.18 bits per heavy atom. The van der Waals surface area contributed by atoms with Gasteiger partial charge in [-0.2, -0.15) is 0 Å². The number of anilines is 2. The van der Waals surface area contributed by atoms with Gasteiger partial charge >= 0.3 is 0 Å². The Morgan fingerprint density at radius 3 is 2.86 bits per heavy atom. The molecule has 2 aromatic heterocycles. The summed E-state index contributed by atoms with van der Waals surface area (Å²) in [6.07, 6.45) is 0.881. The van der Waals surface area contributed by atoms with Crippen LogP contribution in [0.4, 0.5) is 11.5 Å². The van der Waals surface area contributed by atoms with Crippen LogP contribution in [-0.2, 0) is 15.9 Å². The summed E-state index contributed by atoms with van der Waals surface area (Å²) < 4.78 is 18.5.